The van der Waals surface area contributed by atoms with Gasteiger partial charge < -0.3 is 5.32 Å². The molecule has 0 heterocycles. The molecule has 30 heavy (non-hydrogen) atoms. The number of sulfonamides is 1. The Morgan fingerprint density at radius 1 is 0.967 bits per heavy atom. The zero-order chi connectivity index (χ0) is 21.6. The number of amides is 1. The number of aryl methyl sites for hydroxylation is 1. The predicted molar refractivity (Wildman–Crippen MR) is 120 cm³/mol. The highest BCUT2D eigenvalue weighted by Gasteiger charge is 2.16. The van der Waals surface area contributed by atoms with Gasteiger partial charge in [0.15, 0.2) is 0 Å². The summed E-state index contributed by atoms with van der Waals surface area (Å²) in [4.78, 5) is 12.7. The van der Waals surface area contributed by atoms with Gasteiger partial charge in [0, 0.05) is 22.3 Å². The van der Waals surface area contributed by atoms with Crippen LogP contribution in [0.3, 0.4) is 0 Å². The van der Waals surface area contributed by atoms with Gasteiger partial charge in [-0.15, -0.1) is 0 Å². The third-order valence-corrected chi connectivity index (χ3v) is 6.24. The number of nitrogens with one attached hydrogen (secondary N) is 2. The number of halogens is 1. The summed E-state index contributed by atoms with van der Waals surface area (Å²) in [6.45, 7) is 1.95. The Labute approximate surface area is 182 Å². The van der Waals surface area contributed by atoms with Gasteiger partial charge in [-0.3, -0.25) is 9.52 Å². The molecule has 0 fully saturated rings. The zero-order valence-electron chi connectivity index (χ0n) is 16.5. The van der Waals surface area contributed by atoms with Gasteiger partial charge in [0.25, 0.3) is 15.9 Å². The standard InChI is InChI=1S/C23H23ClN2O3S/c1-17(10-11-18-6-3-2-4-7-18)25-23(27)19-8-5-9-21(16-19)26-30(28,29)22-14-12-20(24)13-15-22/h2-9,12-17,26H,10-11H2,1H3,(H,25,27)/t17-/m1/s1. The van der Waals surface area contributed by atoms with E-state index >= 15 is 0 Å². The molecule has 0 spiro atoms. The van der Waals surface area contributed by atoms with Crippen LogP contribution in [0, 0.1) is 0 Å². The van der Waals surface area contributed by atoms with Crippen LogP contribution in [0.5, 0.6) is 0 Å². The number of rotatable bonds is 8. The molecule has 5 nitrogen and oxygen atoms in total. The maximum absolute atomic E-state index is 12.6. The van der Waals surface area contributed by atoms with Crippen LogP contribution in [-0.2, 0) is 16.4 Å². The molecule has 0 aromatic heterocycles. The Hall–Kier alpha value is -2.83. The van der Waals surface area contributed by atoms with Gasteiger partial charge in [-0.05, 0) is 67.8 Å². The van der Waals surface area contributed by atoms with Crippen molar-refractivity contribution >= 4 is 33.2 Å². The Morgan fingerprint density at radius 3 is 2.37 bits per heavy atom. The number of hydrogen-bond donors (Lipinski definition) is 2. The molecule has 3 rings (SSSR count). The smallest absolute Gasteiger partial charge is 0.261 e. The molecule has 0 aliphatic heterocycles. The van der Waals surface area contributed by atoms with E-state index in [0.29, 0.717) is 16.3 Å². The molecule has 0 radical (unpaired) electrons. The highest BCUT2D eigenvalue weighted by Crippen LogP contribution is 2.19. The van der Waals surface area contributed by atoms with E-state index in [2.05, 4.69) is 22.2 Å². The lowest BCUT2D eigenvalue weighted by atomic mass is 10.1. The summed E-state index contributed by atoms with van der Waals surface area (Å²) in [6.07, 6.45) is 1.67. The topological polar surface area (TPSA) is 75.3 Å². The summed E-state index contributed by atoms with van der Waals surface area (Å²) < 4.78 is 27.6. The SMILES string of the molecule is C[C@H](CCc1ccccc1)NC(=O)c1cccc(NS(=O)(=O)c2ccc(Cl)cc2)c1. The second-order valence-electron chi connectivity index (χ2n) is 7.04. The number of hydrogen-bond acceptors (Lipinski definition) is 3. The first kappa shape index (κ1) is 21.9. The summed E-state index contributed by atoms with van der Waals surface area (Å²) in [5.41, 5.74) is 1.92. The Kier molecular flexibility index (Phi) is 7.13. The van der Waals surface area contributed by atoms with Gasteiger partial charge in [-0.1, -0.05) is 48.0 Å². The van der Waals surface area contributed by atoms with E-state index in [1.807, 2.05) is 25.1 Å². The lowest BCUT2D eigenvalue weighted by molar-refractivity contribution is 0.0938. The van der Waals surface area contributed by atoms with Crippen molar-refractivity contribution in [2.24, 2.45) is 0 Å². The minimum absolute atomic E-state index is 0.0212. The molecular formula is C23H23ClN2O3S. The van der Waals surface area contributed by atoms with Crippen LogP contribution in [0.1, 0.15) is 29.3 Å². The molecule has 156 valence electrons. The quantitative estimate of drug-likeness (QED) is 0.521. The largest absolute Gasteiger partial charge is 0.350 e. The van der Waals surface area contributed by atoms with Crippen LogP contribution in [0.4, 0.5) is 5.69 Å². The van der Waals surface area contributed by atoms with E-state index in [-0.39, 0.29) is 16.8 Å². The maximum Gasteiger partial charge on any atom is 0.261 e. The molecule has 0 saturated carbocycles. The third kappa shape index (κ3) is 6.08. The van der Waals surface area contributed by atoms with Crippen molar-refractivity contribution in [2.45, 2.75) is 30.7 Å². The molecule has 0 bridgehead atoms. The van der Waals surface area contributed by atoms with Crippen molar-refractivity contribution < 1.29 is 13.2 Å². The molecule has 1 amide bonds. The van der Waals surface area contributed by atoms with Crippen LogP contribution in [0.2, 0.25) is 5.02 Å². The van der Waals surface area contributed by atoms with Crippen LogP contribution in [0.25, 0.3) is 0 Å². The monoisotopic (exact) mass is 442 g/mol. The van der Waals surface area contributed by atoms with Crippen molar-refractivity contribution in [3.05, 3.63) is 95.0 Å². The second-order valence-corrected chi connectivity index (χ2v) is 9.16. The Morgan fingerprint density at radius 2 is 1.67 bits per heavy atom. The molecule has 1 atom stereocenters. The normalized spacial score (nSPS) is 12.2. The molecule has 0 aliphatic carbocycles. The molecule has 7 heteroatoms. The first-order valence-corrected chi connectivity index (χ1v) is 11.4. The van der Waals surface area contributed by atoms with Crippen molar-refractivity contribution in [1.82, 2.24) is 5.32 Å². The van der Waals surface area contributed by atoms with E-state index in [1.54, 1.807) is 18.2 Å². The van der Waals surface area contributed by atoms with Crippen molar-refractivity contribution in [3.63, 3.8) is 0 Å². The summed E-state index contributed by atoms with van der Waals surface area (Å²) in [5, 5.41) is 3.42. The minimum atomic E-state index is -3.78. The van der Waals surface area contributed by atoms with Gasteiger partial charge in [-0.2, -0.15) is 0 Å². The van der Waals surface area contributed by atoms with Gasteiger partial charge in [0.2, 0.25) is 0 Å². The van der Waals surface area contributed by atoms with Crippen molar-refractivity contribution in [2.75, 3.05) is 4.72 Å². The molecule has 2 N–H and O–H groups in total. The lowest BCUT2D eigenvalue weighted by Gasteiger charge is -2.15. The number of carbonyl (C=O) groups is 1. The van der Waals surface area contributed by atoms with Crippen LogP contribution in [-0.4, -0.2) is 20.4 Å². The second kappa shape index (κ2) is 9.78. The molecule has 3 aromatic rings. The number of benzene rings is 3. The maximum atomic E-state index is 12.6. The highest BCUT2D eigenvalue weighted by atomic mass is 35.5. The predicted octanol–water partition coefficient (Wildman–Crippen LogP) is 4.89. The van der Waals surface area contributed by atoms with Gasteiger partial charge >= 0.3 is 0 Å². The van der Waals surface area contributed by atoms with Crippen LogP contribution < -0.4 is 10.0 Å². The van der Waals surface area contributed by atoms with E-state index in [1.165, 1.54) is 35.9 Å². The molecule has 0 aliphatic rings. The molecule has 0 unspecified atom stereocenters. The minimum Gasteiger partial charge on any atom is -0.350 e. The first-order valence-electron chi connectivity index (χ1n) is 9.57. The zero-order valence-corrected chi connectivity index (χ0v) is 18.1. The molecule has 3 aromatic carbocycles. The van der Waals surface area contributed by atoms with Gasteiger partial charge in [-0.25, -0.2) is 8.42 Å². The fraction of sp³-hybridized carbons (Fsp3) is 0.174. The van der Waals surface area contributed by atoms with Crippen LogP contribution in [0.15, 0.2) is 83.8 Å². The summed E-state index contributed by atoms with van der Waals surface area (Å²) in [7, 11) is -3.78. The first-order chi connectivity index (χ1) is 14.3. The lowest BCUT2D eigenvalue weighted by Crippen LogP contribution is -2.32. The Balaban J connectivity index is 1.62. The third-order valence-electron chi connectivity index (χ3n) is 4.59. The van der Waals surface area contributed by atoms with Crippen molar-refractivity contribution in [3.8, 4) is 0 Å². The summed E-state index contributed by atoms with van der Waals surface area (Å²) in [6, 6.07) is 22.4. The summed E-state index contributed by atoms with van der Waals surface area (Å²) >= 11 is 5.82. The average molecular weight is 443 g/mol. The average Bonchev–Trinajstić information content (AvgIpc) is 2.73. The van der Waals surface area contributed by atoms with Gasteiger partial charge in [0.05, 0.1) is 4.90 Å². The van der Waals surface area contributed by atoms with E-state index < -0.39 is 10.0 Å². The van der Waals surface area contributed by atoms with E-state index in [4.69, 9.17) is 11.6 Å². The Bertz CT molecular complexity index is 1100. The van der Waals surface area contributed by atoms with Gasteiger partial charge in [0.1, 0.15) is 0 Å². The molecular weight excluding hydrogens is 420 g/mol. The van der Waals surface area contributed by atoms with E-state index in [0.717, 1.165) is 12.8 Å². The number of anilines is 1. The fourth-order valence-corrected chi connectivity index (χ4v) is 4.13. The highest BCUT2D eigenvalue weighted by molar-refractivity contribution is 7.92. The number of carbonyl (C=O) groups excluding carboxylic acids is 1. The van der Waals surface area contributed by atoms with Crippen molar-refractivity contribution in [1.29, 1.82) is 0 Å². The summed E-state index contributed by atoms with van der Waals surface area (Å²) in [5.74, 6) is -0.247. The molecule has 0 saturated heterocycles. The fourth-order valence-electron chi connectivity index (χ4n) is 2.96. The van der Waals surface area contributed by atoms with E-state index in [9.17, 15) is 13.2 Å². The van der Waals surface area contributed by atoms with Crippen LogP contribution >= 0.6 is 11.6 Å².